The first kappa shape index (κ1) is 20.2. The van der Waals surface area contributed by atoms with Gasteiger partial charge in [-0.05, 0) is 37.1 Å². The Bertz CT molecular complexity index is 807. The Morgan fingerprint density at radius 1 is 1.07 bits per heavy atom. The summed E-state index contributed by atoms with van der Waals surface area (Å²) in [7, 11) is 1.55. The van der Waals surface area contributed by atoms with Gasteiger partial charge >= 0.3 is 11.8 Å². The highest BCUT2D eigenvalue weighted by Gasteiger charge is 2.34. The van der Waals surface area contributed by atoms with Crippen LogP contribution in [-0.4, -0.2) is 43.4 Å². The van der Waals surface area contributed by atoms with Crippen LogP contribution >= 0.6 is 11.8 Å². The van der Waals surface area contributed by atoms with Crippen LogP contribution in [0.4, 0.5) is 5.69 Å². The molecule has 2 aromatic rings. The molecule has 1 heterocycles. The number of carbonyl (C=O) groups excluding carboxylic acids is 2. The number of hydrogen-bond acceptors (Lipinski definition) is 5. The minimum absolute atomic E-state index is 0.189. The number of amides is 2. The maximum Gasteiger partial charge on any atom is 0.313 e. The molecule has 6 nitrogen and oxygen atoms in total. The molecule has 148 valence electrons. The Balaban J connectivity index is 1.60. The van der Waals surface area contributed by atoms with E-state index >= 15 is 0 Å². The minimum Gasteiger partial charge on any atom is -0.497 e. The molecule has 1 aliphatic heterocycles. The molecular formula is C21H24N2O4S. The fourth-order valence-electron chi connectivity index (χ4n) is 3.01. The molecule has 0 atom stereocenters. The predicted molar refractivity (Wildman–Crippen MR) is 110 cm³/mol. The summed E-state index contributed by atoms with van der Waals surface area (Å²) in [5.74, 6) is -0.735. The first-order valence-corrected chi connectivity index (χ1v) is 9.97. The van der Waals surface area contributed by atoms with Crippen molar-refractivity contribution in [2.45, 2.75) is 22.5 Å². The van der Waals surface area contributed by atoms with Crippen LogP contribution in [0, 0.1) is 0 Å². The normalized spacial score (nSPS) is 15.5. The van der Waals surface area contributed by atoms with Crippen molar-refractivity contribution in [3.05, 3.63) is 54.6 Å². The van der Waals surface area contributed by atoms with E-state index in [1.165, 1.54) is 0 Å². The fourth-order valence-corrected chi connectivity index (χ4v) is 4.32. The first-order chi connectivity index (χ1) is 13.6. The highest BCUT2D eigenvalue weighted by atomic mass is 32.2. The maximum atomic E-state index is 12.3. The van der Waals surface area contributed by atoms with E-state index in [4.69, 9.17) is 9.47 Å². The average molecular weight is 401 g/mol. The summed E-state index contributed by atoms with van der Waals surface area (Å²) in [4.78, 5) is 25.7. The number of methoxy groups -OCH3 is 1. The van der Waals surface area contributed by atoms with Crippen molar-refractivity contribution < 1.29 is 19.1 Å². The number of anilines is 1. The molecule has 28 heavy (non-hydrogen) atoms. The number of benzene rings is 2. The van der Waals surface area contributed by atoms with Gasteiger partial charge in [0, 0.05) is 41.2 Å². The highest BCUT2D eigenvalue weighted by molar-refractivity contribution is 8.00. The van der Waals surface area contributed by atoms with Gasteiger partial charge in [-0.25, -0.2) is 0 Å². The van der Waals surface area contributed by atoms with Crippen LogP contribution in [0.2, 0.25) is 0 Å². The van der Waals surface area contributed by atoms with E-state index in [9.17, 15) is 9.59 Å². The summed E-state index contributed by atoms with van der Waals surface area (Å²) < 4.78 is 10.4. The quantitative estimate of drug-likeness (QED) is 0.729. The lowest BCUT2D eigenvalue weighted by Crippen LogP contribution is -2.47. The molecule has 0 saturated carbocycles. The summed E-state index contributed by atoms with van der Waals surface area (Å²) in [6.45, 7) is 1.69. The second-order valence-corrected chi connectivity index (χ2v) is 8.12. The molecule has 0 aromatic heterocycles. The highest BCUT2D eigenvalue weighted by Crippen LogP contribution is 2.40. The zero-order valence-corrected chi connectivity index (χ0v) is 16.6. The molecule has 3 rings (SSSR count). The third-order valence-electron chi connectivity index (χ3n) is 4.59. The number of ether oxygens (including phenoxy) is 2. The zero-order valence-electron chi connectivity index (χ0n) is 15.8. The Labute approximate surface area is 169 Å². The van der Waals surface area contributed by atoms with Gasteiger partial charge in [0.05, 0.1) is 7.11 Å². The predicted octanol–water partition coefficient (Wildman–Crippen LogP) is 3.09. The Hall–Kier alpha value is -2.51. The number of rotatable bonds is 6. The molecule has 0 bridgehead atoms. The number of hydrogen-bond donors (Lipinski definition) is 2. The third kappa shape index (κ3) is 5.50. The van der Waals surface area contributed by atoms with Crippen LogP contribution < -0.4 is 15.4 Å². The van der Waals surface area contributed by atoms with E-state index in [1.807, 2.05) is 18.2 Å². The molecule has 1 fully saturated rings. The van der Waals surface area contributed by atoms with Gasteiger partial charge in [-0.1, -0.05) is 24.3 Å². The topological polar surface area (TPSA) is 76.7 Å². The van der Waals surface area contributed by atoms with Crippen LogP contribution in [0.1, 0.15) is 12.8 Å². The van der Waals surface area contributed by atoms with Gasteiger partial charge in [0.2, 0.25) is 0 Å². The number of carbonyl (C=O) groups is 2. The second-order valence-electron chi connectivity index (χ2n) is 6.58. The van der Waals surface area contributed by atoms with Crippen molar-refractivity contribution in [1.29, 1.82) is 0 Å². The van der Waals surface area contributed by atoms with Gasteiger partial charge in [-0.3, -0.25) is 9.59 Å². The van der Waals surface area contributed by atoms with E-state index in [2.05, 4.69) is 22.8 Å². The molecule has 0 radical (unpaired) electrons. The Morgan fingerprint density at radius 2 is 1.82 bits per heavy atom. The van der Waals surface area contributed by atoms with E-state index in [0.717, 1.165) is 17.7 Å². The van der Waals surface area contributed by atoms with Crippen LogP contribution in [0.5, 0.6) is 5.75 Å². The molecule has 0 spiro atoms. The molecule has 2 amide bonds. The second kappa shape index (κ2) is 9.61. The van der Waals surface area contributed by atoms with Gasteiger partial charge in [0.25, 0.3) is 0 Å². The maximum absolute atomic E-state index is 12.3. The molecule has 1 aliphatic rings. The van der Waals surface area contributed by atoms with Crippen LogP contribution in [0.25, 0.3) is 0 Å². The van der Waals surface area contributed by atoms with Crippen molar-refractivity contribution in [2.24, 2.45) is 0 Å². The molecule has 1 saturated heterocycles. The summed E-state index contributed by atoms with van der Waals surface area (Å²) >= 11 is 1.73. The smallest absolute Gasteiger partial charge is 0.313 e. The SMILES string of the molecule is COc1cccc(NC(=O)C(=O)NCC2(Sc3ccccc3)CCOCC2)c1. The standard InChI is InChI=1S/C21H24N2O4S/c1-26-17-7-5-6-16(14-17)23-20(25)19(24)22-15-21(10-12-27-13-11-21)28-18-8-3-2-4-9-18/h2-9,14H,10-13,15H2,1H3,(H,22,24)(H,23,25). The van der Waals surface area contributed by atoms with E-state index in [-0.39, 0.29) is 4.75 Å². The van der Waals surface area contributed by atoms with E-state index < -0.39 is 11.8 Å². The van der Waals surface area contributed by atoms with Gasteiger partial charge in [0.1, 0.15) is 5.75 Å². The monoisotopic (exact) mass is 400 g/mol. The number of nitrogens with one attached hydrogen (secondary N) is 2. The number of thioether (sulfide) groups is 1. The fraction of sp³-hybridized carbons (Fsp3) is 0.333. The molecular weight excluding hydrogens is 376 g/mol. The summed E-state index contributed by atoms with van der Waals surface area (Å²) in [5, 5.41) is 5.41. The van der Waals surface area contributed by atoms with E-state index in [1.54, 1.807) is 43.1 Å². The largest absolute Gasteiger partial charge is 0.497 e. The van der Waals surface area contributed by atoms with Crippen LogP contribution in [-0.2, 0) is 14.3 Å². The lowest BCUT2D eigenvalue weighted by molar-refractivity contribution is -0.136. The Kier molecular flexibility index (Phi) is 6.95. The zero-order chi connectivity index (χ0) is 19.8. The van der Waals surface area contributed by atoms with Gasteiger partial charge in [0.15, 0.2) is 0 Å². The van der Waals surface area contributed by atoms with Crippen molar-refractivity contribution in [3.8, 4) is 5.75 Å². The van der Waals surface area contributed by atoms with E-state index in [0.29, 0.717) is 31.2 Å². The molecule has 2 aromatic carbocycles. The Morgan fingerprint density at radius 3 is 2.54 bits per heavy atom. The van der Waals surface area contributed by atoms with Crippen molar-refractivity contribution in [2.75, 3.05) is 32.2 Å². The van der Waals surface area contributed by atoms with Gasteiger partial charge in [-0.2, -0.15) is 0 Å². The molecule has 0 unspecified atom stereocenters. The lowest BCUT2D eigenvalue weighted by atomic mass is 9.99. The van der Waals surface area contributed by atoms with Crippen molar-refractivity contribution >= 4 is 29.3 Å². The molecule has 0 aliphatic carbocycles. The van der Waals surface area contributed by atoms with Gasteiger partial charge in [-0.15, -0.1) is 11.8 Å². The molecule has 7 heteroatoms. The van der Waals surface area contributed by atoms with Crippen LogP contribution in [0.3, 0.4) is 0 Å². The van der Waals surface area contributed by atoms with Crippen molar-refractivity contribution in [3.63, 3.8) is 0 Å². The molecule has 2 N–H and O–H groups in total. The van der Waals surface area contributed by atoms with Crippen molar-refractivity contribution in [1.82, 2.24) is 5.32 Å². The summed E-state index contributed by atoms with van der Waals surface area (Å²) in [6.07, 6.45) is 1.62. The lowest BCUT2D eigenvalue weighted by Gasteiger charge is -2.36. The average Bonchev–Trinajstić information content (AvgIpc) is 2.73. The van der Waals surface area contributed by atoms with Gasteiger partial charge < -0.3 is 20.1 Å². The summed E-state index contributed by atoms with van der Waals surface area (Å²) in [6, 6.07) is 17.0. The first-order valence-electron chi connectivity index (χ1n) is 9.15. The third-order valence-corrected chi connectivity index (χ3v) is 6.08. The minimum atomic E-state index is -0.694. The summed E-state index contributed by atoms with van der Waals surface area (Å²) in [5.41, 5.74) is 0.513. The van der Waals surface area contributed by atoms with Crippen LogP contribution in [0.15, 0.2) is 59.5 Å².